The van der Waals surface area contributed by atoms with Gasteiger partial charge in [0.05, 0.1) is 17.0 Å². The van der Waals surface area contributed by atoms with Crippen LogP contribution in [-0.4, -0.2) is 73.5 Å². The Kier molecular flexibility index (Phi) is 8.39. The Morgan fingerprint density at radius 2 is 1.54 bits per heavy atom. The van der Waals surface area contributed by atoms with Gasteiger partial charge in [-0.3, -0.25) is 4.90 Å². The Morgan fingerprint density at radius 3 is 2.22 bits per heavy atom. The maximum atomic E-state index is 13.8. The minimum Gasteiger partial charge on any atom is -0.448 e. The topological polar surface area (TPSA) is 70.2 Å². The number of halogens is 1. The van der Waals surface area contributed by atoms with E-state index >= 15 is 0 Å². The van der Waals surface area contributed by atoms with E-state index in [9.17, 15) is 13.2 Å². The zero-order chi connectivity index (χ0) is 25.8. The maximum Gasteiger partial charge on any atom is 0.409 e. The number of benzene rings is 2. The van der Waals surface area contributed by atoms with Crippen LogP contribution in [0, 0.1) is 0 Å². The van der Waals surface area contributed by atoms with Crippen molar-refractivity contribution in [3.8, 4) is 0 Å². The molecule has 2 atom stereocenters. The molecule has 1 amide bonds. The van der Waals surface area contributed by atoms with Crippen molar-refractivity contribution in [2.45, 2.75) is 68.0 Å². The van der Waals surface area contributed by atoms with E-state index in [1.54, 1.807) is 21.3 Å². The zero-order valence-electron chi connectivity index (χ0n) is 21.2. The second kappa shape index (κ2) is 11.7. The van der Waals surface area contributed by atoms with Gasteiger partial charge in [0.2, 0.25) is 10.0 Å². The third-order valence-corrected chi connectivity index (χ3v) is 10.3. The van der Waals surface area contributed by atoms with Gasteiger partial charge >= 0.3 is 6.09 Å². The van der Waals surface area contributed by atoms with Gasteiger partial charge in [-0.1, -0.05) is 61.2 Å². The summed E-state index contributed by atoms with van der Waals surface area (Å²) >= 11 is 6.01. The van der Waals surface area contributed by atoms with Gasteiger partial charge < -0.3 is 9.64 Å². The Hall–Kier alpha value is -2.13. The molecule has 2 aromatic carbocycles. The van der Waals surface area contributed by atoms with Crippen LogP contribution >= 0.6 is 11.6 Å². The summed E-state index contributed by atoms with van der Waals surface area (Å²) in [5.74, 6) is 0. The average molecular weight is 546 g/mol. The van der Waals surface area contributed by atoms with Gasteiger partial charge in [0, 0.05) is 37.2 Å². The van der Waals surface area contributed by atoms with Crippen LogP contribution in [-0.2, 0) is 14.8 Å². The number of hydrogen-bond donors (Lipinski definition) is 0. The number of amides is 1. The number of piperazine rings is 1. The molecule has 2 saturated heterocycles. The van der Waals surface area contributed by atoms with Crippen molar-refractivity contribution in [1.82, 2.24) is 14.1 Å². The molecular formula is C28H36ClN3O4S. The lowest BCUT2D eigenvalue weighted by Gasteiger charge is -2.40. The monoisotopic (exact) mass is 545 g/mol. The fraction of sp³-hybridized carbons (Fsp3) is 0.536. The summed E-state index contributed by atoms with van der Waals surface area (Å²) in [6.45, 7) is 3.09. The molecule has 5 rings (SSSR count). The van der Waals surface area contributed by atoms with Crippen molar-refractivity contribution in [3.63, 3.8) is 0 Å². The first-order valence-electron chi connectivity index (χ1n) is 13.4. The van der Waals surface area contributed by atoms with E-state index in [1.165, 1.54) is 44.2 Å². The normalized spacial score (nSPS) is 24.3. The van der Waals surface area contributed by atoms with Gasteiger partial charge in [-0.25, -0.2) is 13.2 Å². The van der Waals surface area contributed by atoms with Crippen LogP contribution < -0.4 is 0 Å². The minimum atomic E-state index is -3.83. The average Bonchev–Trinajstić information content (AvgIpc) is 3.38. The molecule has 2 heterocycles. The summed E-state index contributed by atoms with van der Waals surface area (Å²) < 4.78 is 34.9. The number of hydrogen-bond acceptors (Lipinski definition) is 5. The largest absolute Gasteiger partial charge is 0.448 e. The van der Waals surface area contributed by atoms with Crippen LogP contribution in [0.25, 0.3) is 0 Å². The molecule has 2 aliphatic heterocycles. The summed E-state index contributed by atoms with van der Waals surface area (Å²) in [7, 11) is -3.83. The molecule has 2 aromatic rings. The molecule has 9 heteroatoms. The fourth-order valence-corrected chi connectivity index (χ4v) is 8.04. The molecule has 2 unspecified atom stereocenters. The van der Waals surface area contributed by atoms with E-state index in [1.807, 2.05) is 30.3 Å². The highest BCUT2D eigenvalue weighted by Crippen LogP contribution is 2.40. The van der Waals surface area contributed by atoms with E-state index in [4.69, 9.17) is 16.3 Å². The Labute approximate surface area is 225 Å². The van der Waals surface area contributed by atoms with Crippen LogP contribution in [0.2, 0.25) is 5.02 Å². The summed E-state index contributed by atoms with van der Waals surface area (Å²) in [5, 5.41) is 0.481. The zero-order valence-corrected chi connectivity index (χ0v) is 22.7. The van der Waals surface area contributed by atoms with Gasteiger partial charge in [-0.05, 0) is 55.5 Å². The quantitative estimate of drug-likeness (QED) is 0.491. The van der Waals surface area contributed by atoms with Gasteiger partial charge in [0.25, 0.3) is 0 Å². The lowest BCUT2D eigenvalue weighted by Crippen LogP contribution is -2.52. The second-order valence-corrected chi connectivity index (χ2v) is 12.6. The van der Waals surface area contributed by atoms with Crippen LogP contribution in [0.3, 0.4) is 0 Å². The molecule has 0 aromatic heterocycles. The summed E-state index contributed by atoms with van der Waals surface area (Å²) in [6.07, 6.45) is 7.38. The lowest BCUT2D eigenvalue weighted by atomic mass is 9.94. The molecule has 200 valence electrons. The van der Waals surface area contributed by atoms with Crippen molar-refractivity contribution in [2.24, 2.45) is 0 Å². The predicted molar refractivity (Wildman–Crippen MR) is 144 cm³/mol. The highest BCUT2D eigenvalue weighted by Gasteiger charge is 2.43. The van der Waals surface area contributed by atoms with Crippen molar-refractivity contribution < 1.29 is 17.9 Å². The molecule has 3 aliphatic rings. The smallest absolute Gasteiger partial charge is 0.409 e. The highest BCUT2D eigenvalue weighted by atomic mass is 35.5. The fourth-order valence-electron chi connectivity index (χ4n) is 6.07. The minimum absolute atomic E-state index is 0.0395. The molecule has 3 fully saturated rings. The van der Waals surface area contributed by atoms with Crippen LogP contribution in [0.1, 0.15) is 56.6 Å². The first kappa shape index (κ1) is 26.5. The lowest BCUT2D eigenvalue weighted by molar-refractivity contribution is 0.0486. The molecule has 37 heavy (non-hydrogen) atoms. The van der Waals surface area contributed by atoms with Crippen LogP contribution in [0.15, 0.2) is 59.5 Å². The molecule has 0 spiro atoms. The van der Waals surface area contributed by atoms with E-state index in [0.29, 0.717) is 37.0 Å². The van der Waals surface area contributed by atoms with Crippen molar-refractivity contribution in [3.05, 3.63) is 65.2 Å². The number of ether oxygens (including phenoxy) is 1. The third kappa shape index (κ3) is 5.98. The van der Waals surface area contributed by atoms with E-state index in [0.717, 1.165) is 18.7 Å². The number of carbonyl (C=O) groups excluding carboxylic acids is 1. The number of rotatable bonds is 6. The van der Waals surface area contributed by atoms with E-state index in [2.05, 4.69) is 4.90 Å². The summed E-state index contributed by atoms with van der Waals surface area (Å²) in [6, 6.07) is 15.8. The molecule has 7 nitrogen and oxygen atoms in total. The van der Waals surface area contributed by atoms with Crippen molar-refractivity contribution in [1.29, 1.82) is 0 Å². The second-order valence-electron chi connectivity index (χ2n) is 10.3. The SMILES string of the molecule is O=C(OCC1CCC(c2ccccc2)N1S(=O)(=O)c1ccc(Cl)cc1)N1CCN(C2CCCCC2)CC1. The molecule has 0 bridgehead atoms. The molecule has 1 aliphatic carbocycles. The molecule has 0 N–H and O–H groups in total. The van der Waals surface area contributed by atoms with Gasteiger partial charge in [-0.15, -0.1) is 0 Å². The number of nitrogens with zero attached hydrogens (tertiary/aromatic N) is 3. The Bertz CT molecular complexity index is 1150. The summed E-state index contributed by atoms with van der Waals surface area (Å²) in [4.78, 5) is 17.4. The maximum absolute atomic E-state index is 13.8. The number of sulfonamides is 1. The molecule has 1 saturated carbocycles. The summed E-state index contributed by atoms with van der Waals surface area (Å²) in [5.41, 5.74) is 0.938. The Morgan fingerprint density at radius 1 is 0.865 bits per heavy atom. The van der Waals surface area contributed by atoms with E-state index in [-0.39, 0.29) is 23.6 Å². The first-order valence-corrected chi connectivity index (χ1v) is 15.2. The third-order valence-electron chi connectivity index (χ3n) is 8.08. The number of carbonyl (C=O) groups is 1. The van der Waals surface area contributed by atoms with Crippen LogP contribution in [0.4, 0.5) is 4.79 Å². The van der Waals surface area contributed by atoms with Crippen molar-refractivity contribution in [2.75, 3.05) is 32.8 Å². The van der Waals surface area contributed by atoms with Gasteiger partial charge in [-0.2, -0.15) is 4.31 Å². The van der Waals surface area contributed by atoms with E-state index < -0.39 is 16.1 Å². The molecule has 0 radical (unpaired) electrons. The Balaban J connectivity index is 1.25. The highest BCUT2D eigenvalue weighted by molar-refractivity contribution is 7.89. The first-order chi connectivity index (χ1) is 17.9. The van der Waals surface area contributed by atoms with Crippen LogP contribution in [0.5, 0.6) is 0 Å². The van der Waals surface area contributed by atoms with Crippen molar-refractivity contribution >= 4 is 27.7 Å². The predicted octanol–water partition coefficient (Wildman–Crippen LogP) is 5.32. The van der Waals surface area contributed by atoms with Gasteiger partial charge in [0.15, 0.2) is 0 Å². The molecular weight excluding hydrogens is 510 g/mol. The standard InChI is InChI=1S/C28H36ClN3O4S/c29-23-11-14-26(15-12-23)37(34,35)32-25(13-16-27(32)22-7-3-1-4-8-22)21-36-28(33)31-19-17-30(18-20-31)24-9-5-2-6-10-24/h1,3-4,7-8,11-12,14-15,24-25,27H,2,5-6,9-10,13,16-21H2. The van der Waals surface area contributed by atoms with Gasteiger partial charge in [0.1, 0.15) is 6.61 Å².